The van der Waals surface area contributed by atoms with Crippen LogP contribution in [0.15, 0.2) is 48.5 Å². The van der Waals surface area contributed by atoms with E-state index < -0.39 is 40.2 Å². The molecule has 1 heterocycles. The van der Waals surface area contributed by atoms with Crippen LogP contribution in [0.3, 0.4) is 0 Å². The van der Waals surface area contributed by atoms with E-state index in [0.29, 0.717) is 17.7 Å². The minimum atomic E-state index is -3.21. The molecule has 3 rings (SSSR count). The van der Waals surface area contributed by atoms with E-state index in [-0.39, 0.29) is 17.1 Å². The number of nitrogens with zero attached hydrogens (tertiary/aromatic N) is 1. The van der Waals surface area contributed by atoms with E-state index in [2.05, 4.69) is 0 Å². The van der Waals surface area contributed by atoms with Crippen LogP contribution >= 0.6 is 0 Å². The van der Waals surface area contributed by atoms with Crippen molar-refractivity contribution in [1.29, 1.82) is 0 Å². The second-order valence-electron chi connectivity index (χ2n) is 6.70. The lowest BCUT2D eigenvalue weighted by Crippen LogP contribution is -2.43. The van der Waals surface area contributed by atoms with E-state index >= 15 is 0 Å². The Morgan fingerprint density at radius 3 is 2.50 bits per heavy atom. The first-order valence-electron chi connectivity index (χ1n) is 8.77. The van der Waals surface area contributed by atoms with Gasteiger partial charge in [-0.1, -0.05) is 24.3 Å². The highest BCUT2D eigenvalue weighted by Gasteiger charge is 2.35. The van der Waals surface area contributed by atoms with Crippen LogP contribution in [-0.4, -0.2) is 44.4 Å². The summed E-state index contributed by atoms with van der Waals surface area (Å²) >= 11 is 0. The molecule has 0 aliphatic carbocycles. The Morgan fingerprint density at radius 2 is 1.89 bits per heavy atom. The third-order valence-corrected chi connectivity index (χ3v) is 6.36. The largest absolute Gasteiger partial charge is 0.452 e. The molecule has 8 heteroatoms. The van der Waals surface area contributed by atoms with Gasteiger partial charge in [0.1, 0.15) is 5.82 Å². The lowest BCUT2D eigenvalue weighted by Gasteiger charge is -2.28. The number of carbonyl (C=O) groups excluding carboxylic acids is 2. The summed E-state index contributed by atoms with van der Waals surface area (Å²) in [6.07, 6.45) is 0.320. The van der Waals surface area contributed by atoms with Gasteiger partial charge in [0.05, 0.1) is 23.1 Å². The number of hydrogen-bond donors (Lipinski definition) is 0. The highest BCUT2D eigenvalue weighted by molar-refractivity contribution is 7.91. The van der Waals surface area contributed by atoms with Crippen molar-refractivity contribution in [3.63, 3.8) is 0 Å². The molecule has 6 nitrogen and oxygen atoms in total. The van der Waals surface area contributed by atoms with Crippen LogP contribution in [0.1, 0.15) is 22.3 Å². The van der Waals surface area contributed by atoms with Gasteiger partial charge in [-0.3, -0.25) is 4.79 Å². The second kappa shape index (κ2) is 8.10. The Hall–Kier alpha value is -2.74. The van der Waals surface area contributed by atoms with Crippen molar-refractivity contribution in [1.82, 2.24) is 0 Å². The summed E-state index contributed by atoms with van der Waals surface area (Å²) in [4.78, 5) is 26.3. The lowest BCUT2D eigenvalue weighted by molar-refractivity contribution is -0.122. The number of benzene rings is 2. The summed E-state index contributed by atoms with van der Waals surface area (Å²) in [5.74, 6) is -2.02. The molecular formula is C20H20FNO5S. The van der Waals surface area contributed by atoms with E-state index in [4.69, 9.17) is 4.74 Å². The van der Waals surface area contributed by atoms with Gasteiger partial charge in [-0.15, -0.1) is 0 Å². The van der Waals surface area contributed by atoms with Crippen molar-refractivity contribution in [2.75, 3.05) is 23.0 Å². The number of esters is 1. The van der Waals surface area contributed by atoms with E-state index in [9.17, 15) is 22.4 Å². The number of carbonyl (C=O) groups is 2. The Balaban J connectivity index is 1.74. The first-order chi connectivity index (χ1) is 13.3. The van der Waals surface area contributed by atoms with Crippen LogP contribution in [0.5, 0.6) is 0 Å². The molecular weight excluding hydrogens is 385 g/mol. The minimum Gasteiger partial charge on any atom is -0.452 e. The highest BCUT2D eigenvalue weighted by atomic mass is 32.2. The summed E-state index contributed by atoms with van der Waals surface area (Å²) in [6.45, 7) is 1.00. The standard InChI is InChI=1S/C20H20FNO5S/c1-14-7-8-15(11-18(14)21)20(24)27-12-19(23)22(16-5-3-2-4-6-16)17-9-10-28(25,26)13-17/h2-8,11,17H,9-10,12-13H2,1H3/t17-/m1/s1. The summed E-state index contributed by atoms with van der Waals surface area (Å²) in [5.41, 5.74) is 0.933. The molecule has 1 amide bonds. The van der Waals surface area contributed by atoms with Gasteiger partial charge >= 0.3 is 5.97 Å². The molecule has 1 aliphatic heterocycles. The fourth-order valence-corrected chi connectivity index (χ4v) is 4.83. The van der Waals surface area contributed by atoms with Gasteiger partial charge in [-0.25, -0.2) is 17.6 Å². The molecule has 0 N–H and O–H groups in total. The third kappa shape index (κ3) is 4.56. The normalized spacial score (nSPS) is 17.9. The number of halogens is 1. The zero-order valence-electron chi connectivity index (χ0n) is 15.3. The molecule has 0 aromatic heterocycles. The zero-order valence-corrected chi connectivity index (χ0v) is 16.1. The average Bonchev–Trinajstić information content (AvgIpc) is 3.02. The van der Waals surface area contributed by atoms with E-state index in [1.54, 1.807) is 37.3 Å². The minimum absolute atomic E-state index is 0.00519. The third-order valence-electron chi connectivity index (χ3n) is 4.61. The van der Waals surface area contributed by atoms with Crippen LogP contribution in [0, 0.1) is 12.7 Å². The van der Waals surface area contributed by atoms with Crippen molar-refractivity contribution in [2.45, 2.75) is 19.4 Å². The van der Waals surface area contributed by atoms with Crippen LogP contribution in [0.25, 0.3) is 0 Å². The zero-order chi connectivity index (χ0) is 20.3. The molecule has 148 valence electrons. The molecule has 0 radical (unpaired) electrons. The Kier molecular flexibility index (Phi) is 5.79. The maximum absolute atomic E-state index is 13.6. The Labute approximate surface area is 162 Å². The number of amides is 1. The Bertz CT molecular complexity index is 991. The van der Waals surface area contributed by atoms with Gasteiger partial charge in [-0.2, -0.15) is 0 Å². The number of ether oxygens (including phenoxy) is 1. The summed E-state index contributed by atoms with van der Waals surface area (Å²) in [5, 5.41) is 0. The Morgan fingerprint density at radius 1 is 1.18 bits per heavy atom. The smallest absolute Gasteiger partial charge is 0.338 e. The number of rotatable bonds is 5. The SMILES string of the molecule is Cc1ccc(C(=O)OCC(=O)N(c2ccccc2)[C@@H]2CCS(=O)(=O)C2)cc1F. The van der Waals surface area contributed by atoms with Crippen LogP contribution in [0.4, 0.5) is 10.1 Å². The first kappa shape index (κ1) is 20.0. The van der Waals surface area contributed by atoms with E-state index in [0.717, 1.165) is 6.07 Å². The van der Waals surface area contributed by atoms with Crippen LogP contribution in [0.2, 0.25) is 0 Å². The fraction of sp³-hybridized carbons (Fsp3) is 0.300. The number of aryl methyl sites for hydroxylation is 1. The second-order valence-corrected chi connectivity index (χ2v) is 8.92. The predicted molar refractivity (Wildman–Crippen MR) is 102 cm³/mol. The number of hydrogen-bond acceptors (Lipinski definition) is 5. The molecule has 2 aromatic rings. The first-order valence-corrected chi connectivity index (χ1v) is 10.6. The quantitative estimate of drug-likeness (QED) is 0.714. The molecule has 0 saturated carbocycles. The van der Waals surface area contributed by atoms with Crippen LogP contribution in [-0.2, 0) is 19.4 Å². The average molecular weight is 405 g/mol. The van der Waals surface area contributed by atoms with Crippen molar-refractivity contribution in [3.8, 4) is 0 Å². The van der Waals surface area contributed by atoms with Gasteiger partial charge < -0.3 is 9.64 Å². The maximum Gasteiger partial charge on any atom is 0.338 e. The molecule has 0 unspecified atom stereocenters. The van der Waals surface area contributed by atoms with Gasteiger partial charge in [0.2, 0.25) is 0 Å². The van der Waals surface area contributed by atoms with E-state index in [1.807, 2.05) is 0 Å². The molecule has 0 bridgehead atoms. The fourth-order valence-electron chi connectivity index (χ4n) is 3.13. The maximum atomic E-state index is 13.6. The molecule has 0 spiro atoms. The van der Waals surface area contributed by atoms with Crippen molar-refractivity contribution >= 4 is 27.4 Å². The van der Waals surface area contributed by atoms with Gasteiger partial charge in [0.15, 0.2) is 16.4 Å². The van der Waals surface area contributed by atoms with Crippen molar-refractivity contribution in [2.24, 2.45) is 0 Å². The number of sulfone groups is 1. The molecule has 1 fully saturated rings. The molecule has 28 heavy (non-hydrogen) atoms. The summed E-state index contributed by atoms with van der Waals surface area (Å²) in [7, 11) is -3.21. The topological polar surface area (TPSA) is 80.8 Å². The monoisotopic (exact) mass is 405 g/mol. The van der Waals surface area contributed by atoms with Crippen molar-refractivity contribution < 1.29 is 27.1 Å². The summed E-state index contributed by atoms with van der Waals surface area (Å²) in [6, 6.07) is 12.1. The molecule has 2 aromatic carbocycles. The van der Waals surface area contributed by atoms with Gasteiger partial charge in [0.25, 0.3) is 5.91 Å². The predicted octanol–water partition coefficient (Wildman–Crippen LogP) is 2.51. The molecule has 1 atom stereocenters. The van der Waals surface area contributed by atoms with Crippen LogP contribution < -0.4 is 4.90 Å². The number of anilines is 1. The molecule has 1 aliphatic rings. The van der Waals surface area contributed by atoms with Gasteiger partial charge in [-0.05, 0) is 43.2 Å². The molecule has 1 saturated heterocycles. The lowest BCUT2D eigenvalue weighted by atomic mass is 10.1. The highest BCUT2D eigenvalue weighted by Crippen LogP contribution is 2.24. The van der Waals surface area contributed by atoms with Crippen molar-refractivity contribution in [3.05, 3.63) is 65.5 Å². The number of para-hydroxylation sites is 1. The van der Waals surface area contributed by atoms with E-state index in [1.165, 1.54) is 17.0 Å². The van der Waals surface area contributed by atoms with Gasteiger partial charge in [0, 0.05) is 5.69 Å². The summed E-state index contributed by atoms with van der Waals surface area (Å²) < 4.78 is 42.4.